The van der Waals surface area contributed by atoms with Crippen LogP contribution in [0.1, 0.15) is 76.0 Å². The van der Waals surface area contributed by atoms with Gasteiger partial charge in [-0.25, -0.2) is 17.6 Å². The lowest BCUT2D eigenvalue weighted by Crippen LogP contribution is -1.95. The molecule has 0 aromatic heterocycles. The molecule has 0 N–H and O–H groups in total. The molecular formula is C27H32F4. The molecule has 0 spiro atoms. The molecule has 3 aromatic rings. The summed E-state index contributed by atoms with van der Waals surface area (Å²) >= 11 is 0. The zero-order valence-electron chi connectivity index (χ0n) is 19.1. The summed E-state index contributed by atoms with van der Waals surface area (Å²) in [7, 11) is 0. The smallest absolute Gasteiger partial charge is 0.194 e. The molecule has 0 saturated carbocycles. The van der Waals surface area contributed by atoms with Crippen LogP contribution in [0.25, 0.3) is 0 Å². The van der Waals surface area contributed by atoms with Crippen molar-refractivity contribution in [2.75, 3.05) is 0 Å². The number of benzene rings is 3. The van der Waals surface area contributed by atoms with Crippen molar-refractivity contribution in [1.82, 2.24) is 0 Å². The van der Waals surface area contributed by atoms with Crippen LogP contribution < -0.4 is 0 Å². The minimum absolute atomic E-state index is 0.00500. The zero-order chi connectivity index (χ0) is 23.6. The molecule has 0 aliphatic rings. The average Bonchev–Trinajstić information content (AvgIpc) is 2.73. The monoisotopic (exact) mass is 432 g/mol. The minimum Gasteiger partial charge on any atom is -0.207 e. The number of rotatable bonds is 3. The maximum absolute atomic E-state index is 12.6. The summed E-state index contributed by atoms with van der Waals surface area (Å²) in [6, 6.07) is 19.2. The fraction of sp³-hybridized carbons (Fsp3) is 0.333. The first-order valence-corrected chi connectivity index (χ1v) is 10.5. The molecule has 0 aliphatic carbocycles. The number of hydrogen-bond acceptors (Lipinski definition) is 0. The topological polar surface area (TPSA) is 0 Å². The maximum atomic E-state index is 12.6. The third-order valence-corrected chi connectivity index (χ3v) is 4.68. The van der Waals surface area contributed by atoms with Gasteiger partial charge in [0.05, 0.1) is 0 Å². The molecule has 0 bridgehead atoms. The maximum Gasteiger partial charge on any atom is 0.194 e. The van der Waals surface area contributed by atoms with Gasteiger partial charge in [0, 0.05) is 0 Å². The summed E-state index contributed by atoms with van der Waals surface area (Å²) < 4.78 is 49.9. The highest BCUT2D eigenvalue weighted by molar-refractivity contribution is 5.22. The predicted octanol–water partition coefficient (Wildman–Crippen LogP) is 8.99. The summed E-state index contributed by atoms with van der Waals surface area (Å²) in [5, 5.41) is 0. The van der Waals surface area contributed by atoms with Crippen molar-refractivity contribution in [1.29, 1.82) is 0 Å². The minimum atomic E-state index is -1.40. The molecule has 3 aromatic carbocycles. The van der Waals surface area contributed by atoms with Gasteiger partial charge in [-0.3, -0.25) is 0 Å². The van der Waals surface area contributed by atoms with Crippen LogP contribution in [0.5, 0.6) is 0 Å². The van der Waals surface area contributed by atoms with Crippen molar-refractivity contribution in [3.63, 3.8) is 0 Å². The Hall–Kier alpha value is -2.62. The van der Waals surface area contributed by atoms with Gasteiger partial charge in [0.15, 0.2) is 17.5 Å². The fourth-order valence-corrected chi connectivity index (χ4v) is 2.59. The normalized spacial score (nSPS) is 10.5. The van der Waals surface area contributed by atoms with Crippen LogP contribution in [-0.2, 0) is 0 Å². The molecule has 0 nitrogen and oxygen atoms in total. The molecule has 0 atom stereocenters. The van der Waals surface area contributed by atoms with E-state index in [-0.39, 0.29) is 11.7 Å². The van der Waals surface area contributed by atoms with Gasteiger partial charge in [-0.15, -0.1) is 0 Å². The number of hydrogen-bond donors (Lipinski definition) is 0. The summed E-state index contributed by atoms with van der Waals surface area (Å²) in [6.45, 7) is 12.2. The van der Waals surface area contributed by atoms with Crippen LogP contribution in [-0.4, -0.2) is 0 Å². The van der Waals surface area contributed by atoms with Crippen LogP contribution in [0.4, 0.5) is 17.6 Å². The van der Waals surface area contributed by atoms with Gasteiger partial charge in [-0.05, 0) is 58.7 Å². The third kappa shape index (κ3) is 9.37. The third-order valence-electron chi connectivity index (χ3n) is 4.68. The molecule has 0 radical (unpaired) electrons. The van der Waals surface area contributed by atoms with Crippen LogP contribution >= 0.6 is 0 Å². The van der Waals surface area contributed by atoms with Gasteiger partial charge < -0.3 is 0 Å². The molecule has 0 unspecified atom stereocenters. The molecule has 0 amide bonds. The highest BCUT2D eigenvalue weighted by Gasteiger charge is 2.11. The second-order valence-corrected chi connectivity index (χ2v) is 8.22. The molecular weight excluding hydrogens is 400 g/mol. The van der Waals surface area contributed by atoms with Crippen LogP contribution in [0, 0.1) is 23.3 Å². The lowest BCUT2D eigenvalue weighted by Gasteiger charge is -2.05. The van der Waals surface area contributed by atoms with E-state index in [0.717, 1.165) is 12.1 Å². The predicted molar refractivity (Wildman–Crippen MR) is 121 cm³/mol. The Balaban J connectivity index is 0.000000235. The van der Waals surface area contributed by atoms with E-state index in [4.69, 9.17) is 0 Å². The standard InChI is InChI=1S/C9H9F3.C9H11F.C9H12/c1-5(2)6-3-7(10)9(12)8(11)4-6;1-7(2)8-3-5-9(10)6-4-8;1-8(2)9-6-4-3-5-7-9/h3-5H,1-2H3;3-7H,1-2H3;3-8H,1-2H3. The van der Waals surface area contributed by atoms with Gasteiger partial charge in [-0.1, -0.05) is 84.0 Å². The molecule has 168 valence electrons. The first-order valence-electron chi connectivity index (χ1n) is 10.5. The van der Waals surface area contributed by atoms with Crippen LogP contribution in [0.2, 0.25) is 0 Å². The Labute approximate surface area is 184 Å². The summed E-state index contributed by atoms with van der Waals surface area (Å²) in [5.74, 6) is -2.68. The molecule has 0 fully saturated rings. The highest BCUT2D eigenvalue weighted by atomic mass is 19.2. The van der Waals surface area contributed by atoms with Crippen molar-refractivity contribution >= 4 is 0 Å². The lowest BCUT2D eigenvalue weighted by molar-refractivity contribution is 0.444. The summed E-state index contributed by atoms with van der Waals surface area (Å²) in [5.41, 5.74) is 3.06. The van der Waals surface area contributed by atoms with Crippen molar-refractivity contribution in [3.8, 4) is 0 Å². The van der Waals surface area contributed by atoms with Crippen molar-refractivity contribution in [3.05, 3.63) is 107 Å². The van der Waals surface area contributed by atoms with Gasteiger partial charge in [-0.2, -0.15) is 0 Å². The van der Waals surface area contributed by atoms with E-state index < -0.39 is 17.5 Å². The Morgan fingerprint density at radius 2 is 0.871 bits per heavy atom. The van der Waals surface area contributed by atoms with Crippen LogP contribution in [0.15, 0.2) is 66.7 Å². The first kappa shape index (κ1) is 26.4. The molecule has 0 saturated heterocycles. The van der Waals surface area contributed by atoms with E-state index in [1.807, 2.05) is 18.2 Å². The lowest BCUT2D eigenvalue weighted by atomic mass is 10.0. The quantitative estimate of drug-likeness (QED) is 0.286. The van der Waals surface area contributed by atoms with Gasteiger partial charge >= 0.3 is 0 Å². The Morgan fingerprint density at radius 3 is 1.23 bits per heavy atom. The first-order chi connectivity index (χ1) is 14.5. The summed E-state index contributed by atoms with van der Waals surface area (Å²) in [4.78, 5) is 0. The van der Waals surface area contributed by atoms with Crippen molar-refractivity contribution < 1.29 is 17.6 Å². The Bertz CT molecular complexity index is 875. The van der Waals surface area contributed by atoms with Crippen LogP contribution in [0.3, 0.4) is 0 Å². The van der Waals surface area contributed by atoms with Crippen molar-refractivity contribution in [2.45, 2.75) is 59.3 Å². The van der Waals surface area contributed by atoms with E-state index in [1.54, 1.807) is 13.8 Å². The average molecular weight is 433 g/mol. The Kier molecular flexibility index (Phi) is 11.0. The zero-order valence-corrected chi connectivity index (χ0v) is 19.1. The highest BCUT2D eigenvalue weighted by Crippen LogP contribution is 2.19. The second-order valence-electron chi connectivity index (χ2n) is 8.22. The van der Waals surface area contributed by atoms with E-state index in [0.29, 0.717) is 17.4 Å². The van der Waals surface area contributed by atoms with E-state index in [1.165, 1.54) is 23.3 Å². The van der Waals surface area contributed by atoms with Gasteiger partial charge in [0.1, 0.15) is 5.82 Å². The van der Waals surface area contributed by atoms with Gasteiger partial charge in [0.2, 0.25) is 0 Å². The van der Waals surface area contributed by atoms with E-state index in [9.17, 15) is 17.6 Å². The van der Waals surface area contributed by atoms with Crippen molar-refractivity contribution in [2.24, 2.45) is 0 Å². The van der Waals surface area contributed by atoms with Gasteiger partial charge in [0.25, 0.3) is 0 Å². The molecule has 0 heterocycles. The molecule has 0 aliphatic heterocycles. The molecule has 3 rings (SSSR count). The largest absolute Gasteiger partial charge is 0.207 e. The fourth-order valence-electron chi connectivity index (χ4n) is 2.59. The van der Waals surface area contributed by atoms with E-state index in [2.05, 4.69) is 52.0 Å². The Morgan fingerprint density at radius 1 is 0.484 bits per heavy atom. The number of halogens is 4. The molecule has 31 heavy (non-hydrogen) atoms. The summed E-state index contributed by atoms with van der Waals surface area (Å²) in [6.07, 6.45) is 0. The molecule has 4 heteroatoms. The SMILES string of the molecule is CC(C)c1cc(F)c(F)c(F)c1.CC(C)c1ccc(F)cc1.CC(C)c1ccccc1. The van der Waals surface area contributed by atoms with E-state index >= 15 is 0 Å². The second kappa shape index (κ2) is 12.9.